The van der Waals surface area contributed by atoms with Gasteiger partial charge in [-0.3, -0.25) is 0 Å². The van der Waals surface area contributed by atoms with E-state index >= 15 is 0 Å². The maximum absolute atomic E-state index is 5.76. The van der Waals surface area contributed by atoms with E-state index in [2.05, 4.69) is 13.8 Å². The quantitative estimate of drug-likeness (QED) is 0.556. The Bertz CT molecular complexity index is 181. The van der Waals surface area contributed by atoms with Crippen LogP contribution in [0.1, 0.15) is 20.8 Å². The van der Waals surface area contributed by atoms with Gasteiger partial charge in [-0.1, -0.05) is 0 Å². The molecule has 0 radical (unpaired) electrons. The molecule has 0 aromatic heterocycles. The van der Waals surface area contributed by atoms with Crippen molar-refractivity contribution in [3.05, 3.63) is 0 Å². The molecule has 3 heteroatoms. The molecule has 2 saturated heterocycles. The zero-order valence-electron chi connectivity index (χ0n) is 7.22. The summed E-state index contributed by atoms with van der Waals surface area (Å²) in [5.41, 5.74) is 0. The average Bonchev–Trinajstić information content (AvgIpc) is 2.25. The van der Waals surface area contributed by atoms with E-state index in [1.165, 1.54) is 0 Å². The molecule has 0 saturated carbocycles. The van der Waals surface area contributed by atoms with E-state index < -0.39 is 0 Å². The van der Waals surface area contributed by atoms with Crippen LogP contribution in [0.25, 0.3) is 0 Å². The van der Waals surface area contributed by atoms with Gasteiger partial charge in [0, 0.05) is 5.75 Å². The molecule has 1 unspecified atom stereocenters. The van der Waals surface area contributed by atoms with Crippen LogP contribution < -0.4 is 0 Å². The van der Waals surface area contributed by atoms with Gasteiger partial charge < -0.3 is 9.47 Å². The molecule has 64 valence electrons. The molecule has 2 aliphatic heterocycles. The highest BCUT2D eigenvalue weighted by atomic mass is 32.2. The first-order chi connectivity index (χ1) is 5.04. The largest absolute Gasteiger partial charge is 0.346 e. The van der Waals surface area contributed by atoms with Gasteiger partial charge in [0.15, 0.2) is 5.79 Å². The molecule has 2 fully saturated rings. The van der Waals surface area contributed by atoms with Crippen molar-refractivity contribution in [1.29, 1.82) is 0 Å². The van der Waals surface area contributed by atoms with Crippen LogP contribution in [0.15, 0.2) is 0 Å². The maximum Gasteiger partial charge on any atom is 0.180 e. The summed E-state index contributed by atoms with van der Waals surface area (Å²) in [6.45, 7) is 7.17. The Hall–Kier alpha value is 0.270. The third kappa shape index (κ3) is 1.02. The van der Waals surface area contributed by atoms with Gasteiger partial charge in [0.1, 0.15) is 0 Å². The van der Waals surface area contributed by atoms with Crippen molar-refractivity contribution in [2.45, 2.75) is 37.4 Å². The van der Waals surface area contributed by atoms with Crippen molar-refractivity contribution in [3.63, 3.8) is 0 Å². The summed E-state index contributed by atoms with van der Waals surface area (Å²) in [4.78, 5) is 0. The number of fused-ring (bicyclic) bond motifs is 2. The summed E-state index contributed by atoms with van der Waals surface area (Å²) in [6, 6.07) is 0. The Morgan fingerprint density at radius 3 is 2.73 bits per heavy atom. The third-order valence-corrected chi connectivity index (χ3v) is 4.29. The first-order valence-corrected chi connectivity index (χ1v) is 4.98. The van der Waals surface area contributed by atoms with Crippen molar-refractivity contribution in [2.75, 3.05) is 12.4 Å². The molecule has 2 aliphatic rings. The van der Waals surface area contributed by atoms with E-state index in [4.69, 9.17) is 9.47 Å². The molecular weight excluding hydrogens is 160 g/mol. The number of ether oxygens (including phenoxy) is 2. The van der Waals surface area contributed by atoms with Crippen molar-refractivity contribution in [2.24, 2.45) is 0 Å². The second-order valence-corrected chi connectivity index (χ2v) is 5.46. The van der Waals surface area contributed by atoms with Crippen molar-refractivity contribution >= 4 is 11.8 Å². The first kappa shape index (κ1) is 7.90. The highest BCUT2D eigenvalue weighted by Gasteiger charge is 2.53. The van der Waals surface area contributed by atoms with Crippen LogP contribution in [0.4, 0.5) is 0 Å². The standard InChI is InChI=1S/C8H14O2S/c1-7(2)8(3)9-4-6(10-8)5-11-7/h6H,4-5H2,1-3H3/t6?,8-/m1/s1. The lowest BCUT2D eigenvalue weighted by atomic mass is 10.0. The minimum Gasteiger partial charge on any atom is -0.346 e. The van der Waals surface area contributed by atoms with Crippen molar-refractivity contribution < 1.29 is 9.47 Å². The molecule has 0 aromatic rings. The Labute approximate surface area is 71.6 Å². The van der Waals surface area contributed by atoms with Crippen LogP contribution in [0.2, 0.25) is 0 Å². The molecule has 0 N–H and O–H groups in total. The normalized spacial score (nSPS) is 47.7. The van der Waals surface area contributed by atoms with Gasteiger partial charge in [0.05, 0.1) is 17.5 Å². The van der Waals surface area contributed by atoms with Gasteiger partial charge in [-0.2, -0.15) is 0 Å². The first-order valence-electron chi connectivity index (χ1n) is 3.99. The third-order valence-electron chi connectivity index (χ3n) is 2.66. The number of rotatable bonds is 0. The second kappa shape index (κ2) is 2.15. The van der Waals surface area contributed by atoms with E-state index in [0.29, 0.717) is 6.10 Å². The fraction of sp³-hybridized carbons (Fsp3) is 1.00. The van der Waals surface area contributed by atoms with Gasteiger partial charge in [-0.05, 0) is 20.8 Å². The molecule has 2 atom stereocenters. The molecule has 0 amide bonds. The molecule has 2 rings (SSSR count). The highest BCUT2D eigenvalue weighted by molar-refractivity contribution is 8.00. The summed E-state index contributed by atoms with van der Waals surface area (Å²) in [7, 11) is 0. The van der Waals surface area contributed by atoms with E-state index in [1.807, 2.05) is 18.7 Å². The topological polar surface area (TPSA) is 18.5 Å². The van der Waals surface area contributed by atoms with Crippen LogP contribution >= 0.6 is 11.8 Å². The van der Waals surface area contributed by atoms with Crippen molar-refractivity contribution in [1.82, 2.24) is 0 Å². The highest BCUT2D eigenvalue weighted by Crippen LogP contribution is 2.47. The maximum atomic E-state index is 5.76. The Balaban J connectivity index is 2.27. The van der Waals surface area contributed by atoms with E-state index in [1.54, 1.807) is 0 Å². The van der Waals surface area contributed by atoms with Gasteiger partial charge in [0.2, 0.25) is 0 Å². The average molecular weight is 174 g/mol. The number of thioether (sulfide) groups is 1. The van der Waals surface area contributed by atoms with Crippen LogP contribution in [-0.4, -0.2) is 29.0 Å². The summed E-state index contributed by atoms with van der Waals surface area (Å²) in [5, 5.41) is 0. The predicted octanol–water partition coefficient (Wildman–Crippen LogP) is 1.64. The Morgan fingerprint density at radius 1 is 1.36 bits per heavy atom. The summed E-state index contributed by atoms with van der Waals surface area (Å²) in [5.74, 6) is 0.725. The molecule has 2 heterocycles. The Kier molecular flexibility index (Phi) is 1.54. The molecule has 0 aliphatic carbocycles. The minimum absolute atomic E-state index is 0.0972. The SMILES string of the molecule is CC1(C)SCC2CO[C@]1(C)O2. The van der Waals surface area contributed by atoms with Gasteiger partial charge in [-0.15, -0.1) is 11.8 Å². The fourth-order valence-corrected chi connectivity index (χ4v) is 2.60. The predicted molar refractivity (Wildman–Crippen MR) is 45.8 cm³/mol. The summed E-state index contributed by atoms with van der Waals surface area (Å²) >= 11 is 1.95. The lowest BCUT2D eigenvalue weighted by Gasteiger charge is -2.42. The van der Waals surface area contributed by atoms with Crippen LogP contribution in [0.5, 0.6) is 0 Å². The molecule has 2 bridgehead atoms. The summed E-state index contributed by atoms with van der Waals surface area (Å²) in [6.07, 6.45) is 0.332. The Morgan fingerprint density at radius 2 is 2.09 bits per heavy atom. The van der Waals surface area contributed by atoms with Crippen LogP contribution in [-0.2, 0) is 9.47 Å². The monoisotopic (exact) mass is 174 g/mol. The van der Waals surface area contributed by atoms with Crippen molar-refractivity contribution in [3.8, 4) is 0 Å². The fourth-order valence-electron chi connectivity index (χ4n) is 1.47. The minimum atomic E-state index is -0.347. The van der Waals surface area contributed by atoms with E-state index in [-0.39, 0.29) is 10.5 Å². The molecule has 11 heavy (non-hydrogen) atoms. The summed E-state index contributed by atoms with van der Waals surface area (Å²) < 4.78 is 11.5. The van der Waals surface area contributed by atoms with Crippen LogP contribution in [0, 0.1) is 0 Å². The lowest BCUT2D eigenvalue weighted by molar-refractivity contribution is -0.173. The molecule has 2 nitrogen and oxygen atoms in total. The smallest absolute Gasteiger partial charge is 0.180 e. The number of hydrogen-bond donors (Lipinski definition) is 0. The zero-order valence-corrected chi connectivity index (χ0v) is 8.03. The van der Waals surface area contributed by atoms with Gasteiger partial charge in [-0.25, -0.2) is 0 Å². The molecule has 0 aromatic carbocycles. The van der Waals surface area contributed by atoms with Gasteiger partial charge >= 0.3 is 0 Å². The second-order valence-electron chi connectivity index (χ2n) is 3.82. The van der Waals surface area contributed by atoms with Gasteiger partial charge in [0.25, 0.3) is 0 Å². The lowest BCUT2D eigenvalue weighted by Crippen LogP contribution is -2.49. The van der Waals surface area contributed by atoms with E-state index in [9.17, 15) is 0 Å². The number of hydrogen-bond acceptors (Lipinski definition) is 3. The molecule has 0 spiro atoms. The van der Waals surface area contributed by atoms with E-state index in [0.717, 1.165) is 12.4 Å². The molecular formula is C8H14O2S. The zero-order chi connectivity index (χ0) is 8.11. The van der Waals surface area contributed by atoms with Crippen LogP contribution in [0.3, 0.4) is 0 Å².